The van der Waals surface area contributed by atoms with Crippen LogP contribution in [0.4, 0.5) is 0 Å². The Bertz CT molecular complexity index is 334. The van der Waals surface area contributed by atoms with Crippen molar-refractivity contribution in [3.8, 4) is 0 Å². The molecule has 68 valence electrons. The molecule has 13 heavy (non-hydrogen) atoms. The third-order valence-electron chi connectivity index (χ3n) is 1.58. The summed E-state index contributed by atoms with van der Waals surface area (Å²) in [4.78, 5) is 14.0. The first-order chi connectivity index (χ1) is 6.24. The highest BCUT2D eigenvalue weighted by Gasteiger charge is 1.95. The van der Waals surface area contributed by atoms with E-state index >= 15 is 0 Å². The molecule has 0 atom stereocenters. The molecule has 0 radical (unpaired) electrons. The van der Waals surface area contributed by atoms with E-state index in [1.807, 2.05) is 19.1 Å². The van der Waals surface area contributed by atoms with Gasteiger partial charge in [0.15, 0.2) is 0 Å². The van der Waals surface area contributed by atoms with Crippen LogP contribution in [-0.4, -0.2) is 11.3 Å². The number of carbonyl (C=O) groups excluding carboxylic acids is 1. The lowest BCUT2D eigenvalue weighted by atomic mass is 10.2. The van der Waals surface area contributed by atoms with E-state index in [9.17, 15) is 4.79 Å². The number of carbonyl (C=O) groups is 1. The highest BCUT2D eigenvalue weighted by atomic mass is 35.5. The summed E-state index contributed by atoms with van der Waals surface area (Å²) < 4.78 is 0. The molecule has 0 saturated carbocycles. The molecule has 0 spiro atoms. The van der Waals surface area contributed by atoms with Gasteiger partial charge in [0.05, 0.1) is 0 Å². The Balaban J connectivity index is 2.79. The van der Waals surface area contributed by atoms with Crippen LogP contribution >= 0.6 is 11.6 Å². The van der Waals surface area contributed by atoms with E-state index in [0.717, 1.165) is 17.4 Å². The lowest BCUT2D eigenvalue weighted by Crippen LogP contribution is -1.82. The van der Waals surface area contributed by atoms with E-state index in [4.69, 9.17) is 11.6 Å². The summed E-state index contributed by atoms with van der Waals surface area (Å²) in [5.74, 6) is 0. The molecule has 0 fully saturated rings. The molecular weight excluding hydrogens is 186 g/mol. The van der Waals surface area contributed by atoms with Crippen LogP contribution in [0.25, 0.3) is 6.08 Å². The molecule has 0 bridgehead atoms. The van der Waals surface area contributed by atoms with Crippen LogP contribution in [0.3, 0.4) is 0 Å². The normalized spacial score (nSPS) is 10.6. The van der Waals surface area contributed by atoms with E-state index in [2.05, 4.69) is 4.98 Å². The predicted octanol–water partition coefficient (Wildman–Crippen LogP) is 2.65. The molecule has 0 aliphatic carbocycles. The summed E-state index contributed by atoms with van der Waals surface area (Å²) in [7, 11) is 0. The molecule has 0 aliphatic heterocycles. The third kappa shape index (κ3) is 2.99. The van der Waals surface area contributed by atoms with Crippen molar-refractivity contribution in [2.75, 3.05) is 0 Å². The molecule has 0 N–H and O–H groups in total. The van der Waals surface area contributed by atoms with Gasteiger partial charge in [0.2, 0.25) is 0 Å². The van der Waals surface area contributed by atoms with Crippen LogP contribution < -0.4 is 0 Å². The molecule has 0 aromatic carbocycles. The highest BCUT2D eigenvalue weighted by molar-refractivity contribution is 6.30. The fraction of sp³-hybridized carbons (Fsp3) is 0.200. The first-order valence-corrected chi connectivity index (χ1v) is 4.34. The number of allylic oxidation sites excluding steroid dienone is 1. The van der Waals surface area contributed by atoms with Crippen molar-refractivity contribution >= 4 is 24.0 Å². The van der Waals surface area contributed by atoms with Crippen LogP contribution in [-0.2, 0) is 4.79 Å². The molecule has 0 saturated heterocycles. The molecule has 0 unspecified atom stereocenters. The van der Waals surface area contributed by atoms with Crippen molar-refractivity contribution in [3.63, 3.8) is 0 Å². The highest BCUT2D eigenvalue weighted by Crippen LogP contribution is 2.13. The number of halogens is 1. The number of hydrogen-bond acceptors (Lipinski definition) is 2. The van der Waals surface area contributed by atoms with E-state index in [0.29, 0.717) is 11.6 Å². The molecule has 1 aromatic heterocycles. The zero-order valence-corrected chi connectivity index (χ0v) is 8.08. The second kappa shape index (κ2) is 4.77. The van der Waals surface area contributed by atoms with Crippen LogP contribution in [0.5, 0.6) is 0 Å². The van der Waals surface area contributed by atoms with E-state index in [1.165, 1.54) is 0 Å². The second-order valence-electron chi connectivity index (χ2n) is 2.68. The quantitative estimate of drug-likeness (QED) is 0.548. The maximum Gasteiger partial charge on any atom is 0.131 e. The van der Waals surface area contributed by atoms with E-state index in [-0.39, 0.29) is 0 Å². The standard InChI is InChI=1S/C10H10ClNO/c1-8-6-9(4-2-3-5-13)7-12-10(8)11/h2,4-7H,3H2,1H3. The van der Waals surface area contributed by atoms with Crippen molar-refractivity contribution in [1.29, 1.82) is 0 Å². The average Bonchev–Trinajstić information content (AvgIpc) is 2.12. The number of nitrogens with zero attached hydrogens (tertiary/aromatic N) is 1. The Labute approximate surface area is 82.3 Å². The van der Waals surface area contributed by atoms with Gasteiger partial charge < -0.3 is 4.79 Å². The Hall–Kier alpha value is -1.15. The monoisotopic (exact) mass is 195 g/mol. The zero-order chi connectivity index (χ0) is 9.68. The van der Waals surface area contributed by atoms with Gasteiger partial charge in [-0.05, 0) is 24.1 Å². The minimum absolute atomic E-state index is 0.432. The van der Waals surface area contributed by atoms with Crippen LogP contribution in [0, 0.1) is 6.92 Å². The van der Waals surface area contributed by atoms with Gasteiger partial charge >= 0.3 is 0 Å². The molecule has 1 rings (SSSR count). The number of rotatable bonds is 3. The molecule has 1 aromatic rings. The van der Waals surface area contributed by atoms with Gasteiger partial charge in [-0.3, -0.25) is 0 Å². The number of aryl methyl sites for hydroxylation is 1. The second-order valence-corrected chi connectivity index (χ2v) is 3.04. The Morgan fingerprint density at radius 3 is 3.00 bits per heavy atom. The summed E-state index contributed by atoms with van der Waals surface area (Å²) in [6, 6.07) is 1.93. The van der Waals surface area contributed by atoms with Crippen molar-refractivity contribution in [2.24, 2.45) is 0 Å². The van der Waals surface area contributed by atoms with Crippen LogP contribution in [0.2, 0.25) is 5.15 Å². The molecule has 0 amide bonds. The van der Waals surface area contributed by atoms with Gasteiger partial charge in [-0.1, -0.05) is 23.8 Å². The van der Waals surface area contributed by atoms with Gasteiger partial charge in [0, 0.05) is 12.6 Å². The fourth-order valence-corrected chi connectivity index (χ4v) is 1.03. The largest absolute Gasteiger partial charge is 0.303 e. The maximum absolute atomic E-state index is 10.0. The van der Waals surface area contributed by atoms with Crippen LogP contribution in [0.1, 0.15) is 17.5 Å². The summed E-state index contributed by atoms with van der Waals surface area (Å²) in [5.41, 5.74) is 1.90. The zero-order valence-electron chi connectivity index (χ0n) is 7.33. The molecule has 1 heterocycles. The van der Waals surface area contributed by atoms with Crippen molar-refractivity contribution in [2.45, 2.75) is 13.3 Å². The molecule has 2 nitrogen and oxygen atoms in total. The molecular formula is C10H10ClNO. The number of pyridine rings is 1. The smallest absolute Gasteiger partial charge is 0.131 e. The van der Waals surface area contributed by atoms with E-state index < -0.39 is 0 Å². The lowest BCUT2D eigenvalue weighted by molar-refractivity contribution is -0.107. The fourth-order valence-electron chi connectivity index (χ4n) is 0.931. The maximum atomic E-state index is 10.0. The number of aldehydes is 1. The summed E-state index contributed by atoms with van der Waals surface area (Å²) in [6.45, 7) is 1.90. The summed E-state index contributed by atoms with van der Waals surface area (Å²) in [5, 5.41) is 0.521. The van der Waals surface area contributed by atoms with Gasteiger partial charge in [0.1, 0.15) is 11.4 Å². The lowest BCUT2D eigenvalue weighted by Gasteiger charge is -1.97. The minimum atomic E-state index is 0.432. The Morgan fingerprint density at radius 2 is 2.38 bits per heavy atom. The average molecular weight is 196 g/mol. The van der Waals surface area contributed by atoms with Gasteiger partial charge in [-0.2, -0.15) is 0 Å². The van der Waals surface area contributed by atoms with Crippen molar-refractivity contribution in [3.05, 3.63) is 34.6 Å². The molecule has 0 aliphatic rings. The first-order valence-electron chi connectivity index (χ1n) is 3.96. The Morgan fingerprint density at radius 1 is 1.62 bits per heavy atom. The van der Waals surface area contributed by atoms with Crippen molar-refractivity contribution < 1.29 is 4.79 Å². The SMILES string of the molecule is Cc1cc(C=CCC=O)cnc1Cl. The van der Waals surface area contributed by atoms with Gasteiger partial charge in [-0.25, -0.2) is 4.98 Å². The topological polar surface area (TPSA) is 30.0 Å². The van der Waals surface area contributed by atoms with E-state index in [1.54, 1.807) is 12.3 Å². The summed E-state index contributed by atoms with van der Waals surface area (Å²) >= 11 is 5.75. The van der Waals surface area contributed by atoms with Crippen molar-refractivity contribution in [1.82, 2.24) is 4.98 Å². The minimum Gasteiger partial charge on any atom is -0.303 e. The number of hydrogen-bond donors (Lipinski definition) is 0. The third-order valence-corrected chi connectivity index (χ3v) is 1.97. The predicted molar refractivity (Wildman–Crippen MR) is 53.7 cm³/mol. The Kier molecular flexibility index (Phi) is 3.65. The van der Waals surface area contributed by atoms with Crippen LogP contribution in [0.15, 0.2) is 18.3 Å². The first kappa shape index (κ1) is 9.93. The number of aromatic nitrogens is 1. The van der Waals surface area contributed by atoms with Gasteiger partial charge in [0.25, 0.3) is 0 Å². The van der Waals surface area contributed by atoms with Gasteiger partial charge in [-0.15, -0.1) is 0 Å². The summed E-state index contributed by atoms with van der Waals surface area (Å²) in [6.07, 6.45) is 6.60. The molecule has 3 heteroatoms.